The molecular formula is C15H20N4O. The summed E-state index contributed by atoms with van der Waals surface area (Å²) in [5.41, 5.74) is 1.17. The van der Waals surface area contributed by atoms with Gasteiger partial charge in [-0.3, -0.25) is 4.79 Å². The molecule has 0 unspecified atom stereocenters. The number of amides is 1. The van der Waals surface area contributed by atoms with Gasteiger partial charge in [-0.1, -0.05) is 6.42 Å². The van der Waals surface area contributed by atoms with E-state index in [2.05, 4.69) is 26.3 Å². The third-order valence-electron chi connectivity index (χ3n) is 4.70. The van der Waals surface area contributed by atoms with Crippen LogP contribution in [0.2, 0.25) is 0 Å². The summed E-state index contributed by atoms with van der Waals surface area (Å²) in [6.07, 6.45) is 7.79. The zero-order chi connectivity index (χ0) is 13.5. The van der Waals surface area contributed by atoms with Gasteiger partial charge in [0.05, 0.1) is 5.92 Å². The van der Waals surface area contributed by atoms with Crippen LogP contribution in [-0.2, 0) is 4.79 Å². The molecule has 1 saturated heterocycles. The topological polar surface area (TPSA) is 58.1 Å². The first-order valence-electron chi connectivity index (χ1n) is 7.67. The second-order valence-corrected chi connectivity index (χ2v) is 6.31. The third kappa shape index (κ3) is 2.25. The maximum absolute atomic E-state index is 11.9. The molecule has 4 rings (SSSR count). The predicted octanol–water partition coefficient (Wildman–Crippen LogP) is 1.46. The molecule has 2 aliphatic carbocycles. The first-order valence-corrected chi connectivity index (χ1v) is 7.67. The Hall–Kier alpha value is -1.65. The minimum Gasteiger partial charge on any atom is -0.355 e. The first-order chi connectivity index (χ1) is 9.79. The van der Waals surface area contributed by atoms with Gasteiger partial charge in [-0.15, -0.1) is 0 Å². The zero-order valence-electron chi connectivity index (χ0n) is 11.6. The molecule has 0 spiro atoms. The van der Waals surface area contributed by atoms with Crippen LogP contribution < -0.4 is 10.2 Å². The van der Waals surface area contributed by atoms with Crippen molar-refractivity contribution in [2.75, 3.05) is 18.0 Å². The molecule has 3 fully saturated rings. The smallest absolute Gasteiger partial charge is 0.226 e. The number of rotatable bonds is 4. The van der Waals surface area contributed by atoms with E-state index >= 15 is 0 Å². The van der Waals surface area contributed by atoms with Crippen LogP contribution >= 0.6 is 0 Å². The van der Waals surface area contributed by atoms with Crippen molar-refractivity contribution in [2.45, 2.75) is 44.1 Å². The number of anilines is 1. The molecule has 0 bridgehead atoms. The molecule has 0 aromatic carbocycles. The molecule has 0 atom stereocenters. The average Bonchev–Trinajstić information content (AvgIpc) is 3.09. The van der Waals surface area contributed by atoms with Crippen molar-refractivity contribution in [2.24, 2.45) is 5.92 Å². The molecule has 20 heavy (non-hydrogen) atoms. The van der Waals surface area contributed by atoms with E-state index in [0.29, 0.717) is 12.0 Å². The SMILES string of the molecule is O=C(NC1CC1)C1CN(c2cc(C3CCC3)ncn2)C1. The Labute approximate surface area is 118 Å². The third-order valence-corrected chi connectivity index (χ3v) is 4.70. The Morgan fingerprint density at radius 1 is 1.20 bits per heavy atom. The van der Waals surface area contributed by atoms with Gasteiger partial charge >= 0.3 is 0 Å². The van der Waals surface area contributed by atoms with E-state index in [0.717, 1.165) is 31.7 Å². The van der Waals surface area contributed by atoms with Crippen LogP contribution in [0.1, 0.15) is 43.7 Å². The molecule has 1 amide bonds. The maximum atomic E-state index is 11.9. The fourth-order valence-electron chi connectivity index (χ4n) is 2.84. The number of hydrogen-bond donors (Lipinski definition) is 1. The summed E-state index contributed by atoms with van der Waals surface area (Å²) in [5.74, 6) is 1.97. The van der Waals surface area contributed by atoms with Crippen molar-refractivity contribution in [3.63, 3.8) is 0 Å². The average molecular weight is 272 g/mol. The van der Waals surface area contributed by atoms with Gasteiger partial charge in [0.2, 0.25) is 5.91 Å². The quantitative estimate of drug-likeness (QED) is 0.901. The lowest BCUT2D eigenvalue weighted by Crippen LogP contribution is -2.54. The highest BCUT2D eigenvalue weighted by molar-refractivity contribution is 5.82. The Morgan fingerprint density at radius 2 is 2.00 bits per heavy atom. The van der Waals surface area contributed by atoms with Gasteiger partial charge in [0, 0.05) is 36.8 Å². The molecule has 5 heteroatoms. The summed E-state index contributed by atoms with van der Waals surface area (Å²) in [4.78, 5) is 22.8. The summed E-state index contributed by atoms with van der Waals surface area (Å²) < 4.78 is 0. The van der Waals surface area contributed by atoms with E-state index in [-0.39, 0.29) is 11.8 Å². The fraction of sp³-hybridized carbons (Fsp3) is 0.667. The number of nitrogens with one attached hydrogen (secondary N) is 1. The number of carbonyl (C=O) groups is 1. The summed E-state index contributed by atoms with van der Waals surface area (Å²) in [5, 5.41) is 3.08. The molecule has 106 valence electrons. The van der Waals surface area contributed by atoms with E-state index < -0.39 is 0 Å². The van der Waals surface area contributed by atoms with Crippen molar-refractivity contribution >= 4 is 11.7 Å². The molecule has 1 aromatic rings. The molecule has 1 N–H and O–H groups in total. The lowest BCUT2D eigenvalue weighted by atomic mass is 9.83. The Bertz CT molecular complexity index is 518. The number of hydrogen-bond acceptors (Lipinski definition) is 4. The van der Waals surface area contributed by atoms with Crippen LogP contribution in [0.5, 0.6) is 0 Å². The minimum atomic E-state index is 0.137. The molecule has 1 aromatic heterocycles. The molecule has 3 aliphatic rings. The monoisotopic (exact) mass is 272 g/mol. The van der Waals surface area contributed by atoms with Crippen LogP contribution in [0.25, 0.3) is 0 Å². The fourth-order valence-corrected chi connectivity index (χ4v) is 2.84. The van der Waals surface area contributed by atoms with E-state index in [4.69, 9.17) is 0 Å². The van der Waals surface area contributed by atoms with Crippen LogP contribution in [0, 0.1) is 5.92 Å². The van der Waals surface area contributed by atoms with Gasteiger partial charge in [-0.2, -0.15) is 0 Å². The van der Waals surface area contributed by atoms with Gasteiger partial charge in [0.15, 0.2) is 0 Å². The van der Waals surface area contributed by atoms with E-state index in [1.165, 1.54) is 25.0 Å². The van der Waals surface area contributed by atoms with Crippen LogP contribution in [0.4, 0.5) is 5.82 Å². The summed E-state index contributed by atoms with van der Waals surface area (Å²) >= 11 is 0. The highest BCUT2D eigenvalue weighted by Gasteiger charge is 2.36. The summed E-state index contributed by atoms with van der Waals surface area (Å²) in [7, 11) is 0. The molecule has 2 heterocycles. The number of aromatic nitrogens is 2. The van der Waals surface area contributed by atoms with Crippen molar-refractivity contribution in [1.82, 2.24) is 15.3 Å². The summed E-state index contributed by atoms with van der Waals surface area (Å²) in [6, 6.07) is 2.57. The van der Waals surface area contributed by atoms with E-state index in [1.54, 1.807) is 6.33 Å². The van der Waals surface area contributed by atoms with Crippen molar-refractivity contribution in [1.29, 1.82) is 0 Å². The van der Waals surface area contributed by atoms with Crippen LogP contribution in [-0.4, -0.2) is 35.0 Å². The van der Waals surface area contributed by atoms with Crippen molar-refractivity contribution < 1.29 is 4.79 Å². The van der Waals surface area contributed by atoms with E-state index in [9.17, 15) is 4.79 Å². The van der Waals surface area contributed by atoms with Crippen LogP contribution in [0.15, 0.2) is 12.4 Å². The highest BCUT2D eigenvalue weighted by atomic mass is 16.2. The van der Waals surface area contributed by atoms with Gasteiger partial charge in [0.1, 0.15) is 12.1 Å². The van der Waals surface area contributed by atoms with Crippen molar-refractivity contribution in [3.05, 3.63) is 18.1 Å². The lowest BCUT2D eigenvalue weighted by Gasteiger charge is -2.39. The van der Waals surface area contributed by atoms with Crippen molar-refractivity contribution in [3.8, 4) is 0 Å². The lowest BCUT2D eigenvalue weighted by molar-refractivity contribution is -0.125. The summed E-state index contributed by atoms with van der Waals surface area (Å²) in [6.45, 7) is 1.58. The number of carbonyl (C=O) groups excluding carboxylic acids is 1. The Kier molecular flexibility index (Phi) is 2.86. The molecule has 5 nitrogen and oxygen atoms in total. The standard InChI is InChI=1S/C15H20N4O/c20-15(18-12-4-5-12)11-7-19(8-11)14-6-13(16-9-17-14)10-2-1-3-10/h6,9-12H,1-5,7-8H2,(H,18,20). The van der Waals surface area contributed by atoms with Gasteiger partial charge < -0.3 is 10.2 Å². The Balaban J connectivity index is 1.36. The maximum Gasteiger partial charge on any atom is 0.226 e. The van der Waals surface area contributed by atoms with Gasteiger partial charge in [0.25, 0.3) is 0 Å². The van der Waals surface area contributed by atoms with E-state index in [1.807, 2.05) is 0 Å². The second kappa shape index (κ2) is 4.72. The Morgan fingerprint density at radius 3 is 2.65 bits per heavy atom. The van der Waals surface area contributed by atoms with Crippen LogP contribution in [0.3, 0.4) is 0 Å². The largest absolute Gasteiger partial charge is 0.355 e. The van der Waals surface area contributed by atoms with Gasteiger partial charge in [-0.05, 0) is 25.7 Å². The molecule has 0 radical (unpaired) electrons. The molecular weight excluding hydrogens is 252 g/mol. The minimum absolute atomic E-state index is 0.137. The second-order valence-electron chi connectivity index (χ2n) is 6.31. The normalized spacial score (nSPS) is 23.1. The predicted molar refractivity (Wildman–Crippen MR) is 75.5 cm³/mol. The number of nitrogens with zero attached hydrogens (tertiary/aromatic N) is 3. The van der Waals surface area contributed by atoms with Gasteiger partial charge in [-0.25, -0.2) is 9.97 Å². The molecule has 1 aliphatic heterocycles. The first kappa shape index (κ1) is 12.1. The molecule has 2 saturated carbocycles. The highest BCUT2D eigenvalue weighted by Crippen LogP contribution is 2.36. The zero-order valence-corrected chi connectivity index (χ0v) is 11.6.